The molecule has 2 heterocycles. The second-order valence-electron chi connectivity index (χ2n) is 27.0. The first-order valence-corrected chi connectivity index (χ1v) is 28.4. The zero-order valence-corrected chi connectivity index (χ0v) is 50.4. The molecule has 0 fully saturated rings. The van der Waals surface area contributed by atoms with Gasteiger partial charge in [0.25, 0.3) is 6.71 Å². The molecular weight excluding hydrogens is 918 g/mol. The first-order valence-electron chi connectivity index (χ1n) is 28.4. The van der Waals surface area contributed by atoms with Crippen LogP contribution >= 0.6 is 0 Å². The summed E-state index contributed by atoms with van der Waals surface area (Å²) in [6.07, 6.45) is 0. The molecule has 372 valence electrons. The Balaban J connectivity index is 1.26. The van der Waals surface area contributed by atoms with E-state index < -0.39 is 0 Å². The van der Waals surface area contributed by atoms with Gasteiger partial charge in [0.2, 0.25) is 0 Å². The van der Waals surface area contributed by atoms with E-state index >= 15 is 0 Å². The van der Waals surface area contributed by atoms with Gasteiger partial charge in [0.1, 0.15) is 78.5 Å². The molecule has 8 aromatic rings. The molecule has 8 aromatic carbocycles. The maximum atomic E-state index is 2.66. The largest absolute Gasteiger partial charge is 0.313 e. The Bertz CT molecular complexity index is 3700. The SMILES string of the molecule is Bc1c(B)c(B)c(N(c2ccc3c(c2)N(c2ccc(C(C)(C)C)cc2)c2cc(C(C)(C)C)cc4c2B3c2cc(C(C)(C)C)ccc2N4c2ccc3c(c2)C(C)(C)c2ccccc2-3)c2c(B)c(B)c(B)c(B)c2B)c(B)c1B. The minimum Gasteiger partial charge on any atom is -0.313 e. The Labute approximate surface area is 471 Å². The minimum absolute atomic E-state index is 0.00320. The smallest absolute Gasteiger partial charge is 0.252 e. The number of hydrogen-bond acceptors (Lipinski definition) is 3. The van der Waals surface area contributed by atoms with Crippen LogP contribution in [0.3, 0.4) is 0 Å². The van der Waals surface area contributed by atoms with Gasteiger partial charge in [-0.2, -0.15) is 0 Å². The molecule has 0 bridgehead atoms. The monoisotopic (exact) mass is 992 g/mol. The lowest BCUT2D eigenvalue weighted by molar-refractivity contribution is 0.590. The number of benzene rings is 8. The molecule has 2 aliphatic heterocycles. The van der Waals surface area contributed by atoms with E-state index in [2.05, 4.69) is 285 Å². The number of hydrogen-bond donors (Lipinski definition) is 0. The standard InChI is InChI=1S/C63H72B11N3/c1-60(2,3)31-16-19-34(20-17-31)75-44-30-36(77(58-53(70)49(66)47(64)50(67)54(58)71)59-55(72)51(68)48(65)52(69)56(59)73)22-24-41(44)74-42-26-32(61(4,5)6)18-25-43(42)76(46-28-33(62(7,8)9)27-45(75)57(46)74)35-21-23-38-37-14-12-13-15-39(37)63(10,11)40(38)29-35/h12-30H,64-73H2,1-11H3. The Morgan fingerprint density at radius 2 is 0.857 bits per heavy atom. The molecule has 0 N–H and O–H groups in total. The molecule has 1 aliphatic carbocycles. The summed E-state index contributed by atoms with van der Waals surface area (Å²) < 4.78 is 0. The molecule has 3 aliphatic rings. The Hall–Kier alpha value is -6.13. The lowest BCUT2D eigenvalue weighted by Gasteiger charge is -2.46. The van der Waals surface area contributed by atoms with E-state index in [4.69, 9.17) is 0 Å². The predicted molar refractivity (Wildman–Crippen MR) is 371 cm³/mol. The third kappa shape index (κ3) is 8.06. The highest BCUT2D eigenvalue weighted by molar-refractivity contribution is 7.00. The summed E-state index contributed by atoms with van der Waals surface area (Å²) in [5.41, 5.74) is 37.6. The van der Waals surface area contributed by atoms with E-state index in [0.29, 0.717) is 0 Å². The van der Waals surface area contributed by atoms with Crippen molar-refractivity contribution in [3.05, 3.63) is 143 Å². The lowest BCUT2D eigenvalue weighted by Crippen LogP contribution is -2.61. The number of anilines is 9. The van der Waals surface area contributed by atoms with Crippen LogP contribution in [-0.2, 0) is 21.7 Å². The highest BCUT2D eigenvalue weighted by Crippen LogP contribution is 2.52. The Morgan fingerprint density at radius 1 is 0.390 bits per heavy atom. The molecule has 0 atom stereocenters. The summed E-state index contributed by atoms with van der Waals surface area (Å²) >= 11 is 0. The molecule has 0 unspecified atom stereocenters. The summed E-state index contributed by atoms with van der Waals surface area (Å²) in [5, 5.41) is 0. The number of fused-ring (bicyclic) bond motifs is 7. The van der Waals surface area contributed by atoms with Crippen LogP contribution in [0.15, 0.2) is 115 Å². The maximum Gasteiger partial charge on any atom is 0.252 e. The van der Waals surface area contributed by atoms with Crippen LogP contribution in [0.4, 0.5) is 51.2 Å². The molecule has 0 spiro atoms. The van der Waals surface area contributed by atoms with E-state index in [0.717, 1.165) is 5.69 Å². The van der Waals surface area contributed by atoms with Gasteiger partial charge in [-0.1, -0.05) is 181 Å². The van der Waals surface area contributed by atoms with Crippen molar-refractivity contribution in [2.45, 2.75) is 97.8 Å². The Kier molecular flexibility index (Phi) is 12.3. The topological polar surface area (TPSA) is 9.72 Å². The number of nitrogens with zero attached hydrogens (tertiary/aromatic N) is 3. The van der Waals surface area contributed by atoms with E-state index in [-0.39, 0.29) is 28.4 Å². The fraction of sp³-hybridized carbons (Fsp3) is 0.238. The highest BCUT2D eigenvalue weighted by Gasteiger charge is 2.46. The quantitative estimate of drug-likeness (QED) is 0.186. The van der Waals surface area contributed by atoms with Gasteiger partial charge in [-0.25, -0.2) is 0 Å². The molecular formula is C63H72B11N3. The normalized spacial score (nSPS) is 14.2. The molecule has 0 radical (unpaired) electrons. The van der Waals surface area contributed by atoms with Gasteiger partial charge in [0.15, 0.2) is 0 Å². The van der Waals surface area contributed by atoms with Crippen LogP contribution in [-0.4, -0.2) is 85.2 Å². The van der Waals surface area contributed by atoms with E-state index in [9.17, 15) is 0 Å². The van der Waals surface area contributed by atoms with Crippen molar-refractivity contribution in [2.75, 3.05) is 14.7 Å². The van der Waals surface area contributed by atoms with Crippen LogP contribution in [0.1, 0.15) is 104 Å². The second kappa shape index (κ2) is 18.0. The van der Waals surface area contributed by atoms with Gasteiger partial charge >= 0.3 is 0 Å². The molecule has 3 nitrogen and oxygen atoms in total. The summed E-state index contributed by atoms with van der Waals surface area (Å²) in [5.74, 6) is 0. The maximum absolute atomic E-state index is 2.66. The predicted octanol–water partition coefficient (Wildman–Crippen LogP) is -1.98. The number of rotatable bonds is 5. The third-order valence-electron chi connectivity index (χ3n) is 19.2. The minimum atomic E-state index is -0.155. The van der Waals surface area contributed by atoms with Crippen molar-refractivity contribution in [3.8, 4) is 11.1 Å². The summed E-state index contributed by atoms with van der Waals surface area (Å²) in [7, 11) is 23.3. The van der Waals surface area contributed by atoms with Crippen molar-refractivity contribution in [1.82, 2.24) is 0 Å². The second-order valence-corrected chi connectivity index (χ2v) is 27.0. The van der Waals surface area contributed by atoms with Gasteiger partial charge in [-0.15, -0.1) is 10.9 Å². The Morgan fingerprint density at radius 3 is 1.39 bits per heavy atom. The highest BCUT2D eigenvalue weighted by atomic mass is 15.2. The fourth-order valence-electron chi connectivity index (χ4n) is 13.5. The summed E-state index contributed by atoms with van der Waals surface area (Å²) in [4.78, 5) is 7.93. The van der Waals surface area contributed by atoms with Crippen LogP contribution in [0.25, 0.3) is 11.1 Å². The van der Waals surface area contributed by atoms with E-state index in [1.165, 1.54) is 155 Å². The third-order valence-corrected chi connectivity index (χ3v) is 19.2. The van der Waals surface area contributed by atoms with Crippen LogP contribution in [0.2, 0.25) is 0 Å². The molecule has 77 heavy (non-hydrogen) atoms. The average Bonchev–Trinajstić information content (AvgIpc) is 3.73. The summed E-state index contributed by atoms with van der Waals surface area (Å²) in [6.45, 7) is 26.0. The van der Waals surface area contributed by atoms with Crippen molar-refractivity contribution >= 4 is 207 Å². The zero-order chi connectivity index (χ0) is 55.5. The molecule has 0 saturated heterocycles. The van der Waals surface area contributed by atoms with Crippen LogP contribution < -0.4 is 85.7 Å². The van der Waals surface area contributed by atoms with Gasteiger partial charge in [0.05, 0.1) is 0 Å². The average molecular weight is 990 g/mol. The molecule has 0 amide bonds. The molecule has 0 saturated carbocycles. The molecule has 0 aromatic heterocycles. The van der Waals surface area contributed by atoms with E-state index in [1.807, 2.05) is 0 Å². The van der Waals surface area contributed by atoms with Gasteiger partial charge in [-0.3, -0.25) is 0 Å². The van der Waals surface area contributed by atoms with Crippen molar-refractivity contribution in [2.24, 2.45) is 0 Å². The fourth-order valence-corrected chi connectivity index (χ4v) is 13.5. The first kappa shape index (κ1) is 52.9. The molecule has 11 rings (SSSR count). The summed E-state index contributed by atoms with van der Waals surface area (Å²) in [6, 6.07) is 45.9. The molecule has 14 heteroatoms. The van der Waals surface area contributed by atoms with Crippen molar-refractivity contribution in [3.63, 3.8) is 0 Å². The van der Waals surface area contributed by atoms with Gasteiger partial charge < -0.3 is 14.7 Å². The lowest BCUT2D eigenvalue weighted by atomic mass is 9.33. The van der Waals surface area contributed by atoms with Gasteiger partial charge in [0, 0.05) is 56.6 Å². The zero-order valence-electron chi connectivity index (χ0n) is 50.4. The van der Waals surface area contributed by atoms with Crippen LogP contribution in [0.5, 0.6) is 0 Å². The van der Waals surface area contributed by atoms with E-state index in [1.54, 1.807) is 0 Å². The first-order chi connectivity index (χ1) is 36.0. The van der Waals surface area contributed by atoms with Gasteiger partial charge in [-0.05, 0) is 126 Å². The van der Waals surface area contributed by atoms with Crippen LogP contribution in [0, 0.1) is 0 Å². The van der Waals surface area contributed by atoms with Crippen molar-refractivity contribution < 1.29 is 0 Å². The van der Waals surface area contributed by atoms with Crippen molar-refractivity contribution in [1.29, 1.82) is 0 Å².